The fourth-order valence-electron chi connectivity index (χ4n) is 3.64. The molecule has 0 bridgehead atoms. The third-order valence-corrected chi connectivity index (χ3v) is 5.70. The lowest BCUT2D eigenvalue weighted by atomic mass is 9.85. The molecular weight excluding hydrogens is 450 g/mol. The van der Waals surface area contributed by atoms with E-state index in [1.54, 1.807) is 79.2 Å². The van der Waals surface area contributed by atoms with Crippen molar-refractivity contribution in [1.82, 2.24) is 24.8 Å². The largest absolute Gasteiger partial charge is 0.481 e. The maximum atomic E-state index is 11.7. The van der Waals surface area contributed by atoms with Crippen LogP contribution in [0.4, 0.5) is 11.5 Å². The second-order valence-electron chi connectivity index (χ2n) is 8.43. The quantitative estimate of drug-likeness (QED) is 0.310. The minimum atomic E-state index is -1.05. The van der Waals surface area contributed by atoms with Crippen LogP contribution in [0.2, 0.25) is 0 Å². The Bertz CT molecular complexity index is 1550. The molecule has 0 aliphatic carbocycles. The van der Waals surface area contributed by atoms with E-state index in [9.17, 15) is 9.90 Å². The van der Waals surface area contributed by atoms with Gasteiger partial charge in [-0.3, -0.25) is 9.36 Å². The van der Waals surface area contributed by atoms with Gasteiger partial charge < -0.3 is 21.3 Å². The molecule has 5 aromatic rings. The van der Waals surface area contributed by atoms with E-state index in [0.717, 1.165) is 0 Å². The highest BCUT2D eigenvalue weighted by atomic mass is 16.6. The fraction of sp³-hybridized carbons (Fsp3) is 0.125. The Labute approximate surface area is 198 Å². The summed E-state index contributed by atoms with van der Waals surface area (Å²) in [6, 6.07) is 15.9. The second-order valence-corrected chi connectivity index (χ2v) is 8.43. The van der Waals surface area contributed by atoms with Crippen LogP contribution in [0.25, 0.3) is 28.2 Å². The number of hydrogen-bond acceptors (Lipinski definition) is 9. The number of aromatic nitrogens is 5. The van der Waals surface area contributed by atoms with Crippen molar-refractivity contribution in [2.75, 3.05) is 11.5 Å². The van der Waals surface area contributed by atoms with Gasteiger partial charge in [0.2, 0.25) is 5.88 Å². The Morgan fingerprint density at radius 3 is 2.51 bits per heavy atom. The molecule has 0 amide bonds. The van der Waals surface area contributed by atoms with Crippen molar-refractivity contribution < 1.29 is 19.3 Å². The van der Waals surface area contributed by atoms with Crippen molar-refractivity contribution in [2.45, 2.75) is 19.3 Å². The Kier molecular flexibility index (Phi) is 5.09. The summed E-state index contributed by atoms with van der Waals surface area (Å²) in [5.41, 5.74) is 14.1. The molecule has 11 heteroatoms. The van der Waals surface area contributed by atoms with E-state index in [4.69, 9.17) is 20.8 Å². The summed E-state index contributed by atoms with van der Waals surface area (Å²) in [6.07, 6.45) is 1.57. The summed E-state index contributed by atoms with van der Waals surface area (Å²) in [5.74, 6) is 0.398. The predicted molar refractivity (Wildman–Crippen MR) is 128 cm³/mol. The van der Waals surface area contributed by atoms with Crippen LogP contribution >= 0.6 is 0 Å². The van der Waals surface area contributed by atoms with E-state index in [0.29, 0.717) is 45.4 Å². The normalized spacial score (nSPS) is 11.6. The number of carboxylic acid groups (broad SMARTS) is 1. The number of benzene rings is 2. The number of hydrogen-bond donors (Lipinski definition) is 3. The van der Waals surface area contributed by atoms with Crippen LogP contribution in [0.3, 0.4) is 0 Å². The molecule has 5 rings (SSSR count). The maximum absolute atomic E-state index is 11.7. The first kappa shape index (κ1) is 21.9. The smallest absolute Gasteiger partial charge is 0.313 e. The molecule has 0 spiro atoms. The van der Waals surface area contributed by atoms with Gasteiger partial charge in [-0.1, -0.05) is 18.2 Å². The van der Waals surface area contributed by atoms with E-state index in [1.165, 1.54) is 0 Å². The van der Waals surface area contributed by atoms with Crippen LogP contribution in [0.5, 0.6) is 11.6 Å². The predicted octanol–water partition coefficient (Wildman–Crippen LogP) is 3.79. The minimum Gasteiger partial charge on any atom is -0.481 e. The summed E-state index contributed by atoms with van der Waals surface area (Å²) in [5, 5.41) is 17.2. The molecule has 0 saturated heterocycles. The van der Waals surface area contributed by atoms with E-state index in [-0.39, 0.29) is 11.5 Å². The van der Waals surface area contributed by atoms with Gasteiger partial charge in [-0.15, -0.1) is 0 Å². The number of nitrogens with two attached hydrogens (primary N) is 2. The fourth-order valence-corrected chi connectivity index (χ4v) is 3.64. The third kappa shape index (κ3) is 3.88. The Morgan fingerprint density at radius 1 is 1.09 bits per heavy atom. The van der Waals surface area contributed by atoms with Crippen LogP contribution in [0.1, 0.15) is 19.4 Å². The lowest BCUT2D eigenvalue weighted by Crippen LogP contribution is -2.28. The molecule has 0 saturated carbocycles. The summed E-state index contributed by atoms with van der Waals surface area (Å²) in [4.78, 5) is 20.7. The van der Waals surface area contributed by atoms with Gasteiger partial charge in [0.25, 0.3) is 0 Å². The lowest BCUT2D eigenvalue weighted by molar-refractivity contribution is -0.142. The SMILES string of the molecule is CC(C)(C(=O)O)c1ccc(-n2c(-c3nonc3N)nc3cnc(Oc4cccc(N)c4)cc32)cc1. The van der Waals surface area contributed by atoms with Crippen LogP contribution in [-0.2, 0) is 10.2 Å². The lowest BCUT2D eigenvalue weighted by Gasteiger charge is -2.20. The summed E-state index contributed by atoms with van der Waals surface area (Å²) in [7, 11) is 0. The number of carbonyl (C=O) groups is 1. The first-order valence-corrected chi connectivity index (χ1v) is 10.6. The Hall–Kier alpha value is -4.93. The number of pyridine rings is 1. The van der Waals surface area contributed by atoms with Gasteiger partial charge in [0.15, 0.2) is 17.3 Å². The Balaban J connectivity index is 1.66. The zero-order valence-corrected chi connectivity index (χ0v) is 18.8. The highest BCUT2D eigenvalue weighted by molar-refractivity contribution is 5.84. The van der Waals surface area contributed by atoms with Crippen molar-refractivity contribution in [3.05, 3.63) is 66.4 Å². The number of rotatable bonds is 6. The molecular formula is C24H21N7O4. The Morgan fingerprint density at radius 2 is 1.86 bits per heavy atom. The van der Waals surface area contributed by atoms with Gasteiger partial charge in [-0.25, -0.2) is 14.6 Å². The average Bonchev–Trinajstić information content (AvgIpc) is 3.41. The van der Waals surface area contributed by atoms with Gasteiger partial charge in [-0.2, -0.15) is 0 Å². The zero-order valence-electron chi connectivity index (χ0n) is 18.8. The highest BCUT2D eigenvalue weighted by Crippen LogP contribution is 2.33. The first-order valence-electron chi connectivity index (χ1n) is 10.6. The molecule has 0 unspecified atom stereocenters. The number of anilines is 2. The van der Waals surface area contributed by atoms with Crippen LogP contribution in [0, 0.1) is 0 Å². The molecule has 0 fully saturated rings. The number of nitrogen functional groups attached to an aromatic ring is 2. The molecule has 0 atom stereocenters. The van der Waals surface area contributed by atoms with Crippen molar-refractivity contribution >= 4 is 28.5 Å². The zero-order chi connectivity index (χ0) is 24.7. The van der Waals surface area contributed by atoms with Gasteiger partial charge in [0.1, 0.15) is 11.3 Å². The van der Waals surface area contributed by atoms with Crippen molar-refractivity contribution in [3.63, 3.8) is 0 Å². The molecule has 3 aromatic heterocycles. The standard InChI is InChI=1S/C24H21N7O4/c1-24(2,23(32)33)13-6-8-15(9-7-13)31-18-11-19(34-16-5-3-4-14(25)10-16)27-12-17(18)28-22(31)20-21(26)30-35-29-20/h3-12H,25H2,1-2H3,(H2,26,30)(H,32,33). The number of aliphatic carboxylic acids is 1. The molecule has 0 aliphatic rings. The van der Waals surface area contributed by atoms with E-state index in [2.05, 4.69) is 20.3 Å². The monoisotopic (exact) mass is 471 g/mol. The molecule has 0 aliphatic heterocycles. The topological polar surface area (TPSA) is 168 Å². The van der Waals surface area contributed by atoms with Gasteiger partial charge in [0, 0.05) is 23.5 Å². The van der Waals surface area contributed by atoms with Crippen LogP contribution in [0.15, 0.2) is 65.4 Å². The van der Waals surface area contributed by atoms with E-state index in [1.807, 2.05) is 0 Å². The van der Waals surface area contributed by atoms with Gasteiger partial charge in [0.05, 0.1) is 17.1 Å². The summed E-state index contributed by atoms with van der Waals surface area (Å²) >= 11 is 0. The number of imidazole rings is 1. The third-order valence-electron chi connectivity index (χ3n) is 5.70. The van der Waals surface area contributed by atoms with Crippen molar-refractivity contribution in [3.8, 4) is 28.8 Å². The summed E-state index contributed by atoms with van der Waals surface area (Å²) < 4.78 is 12.5. The van der Waals surface area contributed by atoms with E-state index >= 15 is 0 Å². The average molecular weight is 471 g/mol. The first-order chi connectivity index (χ1) is 16.7. The molecule has 11 nitrogen and oxygen atoms in total. The number of nitrogens with zero attached hydrogens (tertiary/aromatic N) is 5. The number of ether oxygens (including phenoxy) is 1. The molecule has 176 valence electrons. The molecule has 2 aromatic carbocycles. The van der Waals surface area contributed by atoms with Crippen molar-refractivity contribution in [2.24, 2.45) is 0 Å². The van der Waals surface area contributed by atoms with Crippen molar-refractivity contribution in [1.29, 1.82) is 0 Å². The number of carboxylic acids is 1. The number of fused-ring (bicyclic) bond motifs is 1. The molecule has 0 radical (unpaired) electrons. The maximum Gasteiger partial charge on any atom is 0.313 e. The second kappa shape index (κ2) is 8.13. The molecule has 5 N–H and O–H groups in total. The van der Waals surface area contributed by atoms with Crippen LogP contribution < -0.4 is 16.2 Å². The molecule has 3 heterocycles. The summed E-state index contributed by atoms with van der Waals surface area (Å²) in [6.45, 7) is 3.30. The molecule has 35 heavy (non-hydrogen) atoms. The van der Waals surface area contributed by atoms with Gasteiger partial charge >= 0.3 is 5.97 Å². The minimum absolute atomic E-state index is 0.0781. The highest BCUT2D eigenvalue weighted by Gasteiger charge is 2.29. The van der Waals surface area contributed by atoms with Gasteiger partial charge in [-0.05, 0) is 54.0 Å². The van der Waals surface area contributed by atoms with Crippen LogP contribution in [-0.4, -0.2) is 35.9 Å². The van der Waals surface area contributed by atoms with E-state index < -0.39 is 11.4 Å².